The lowest BCUT2D eigenvalue weighted by Crippen LogP contribution is -2.27. The molecule has 2 N–H and O–H groups in total. The van der Waals surface area contributed by atoms with Crippen molar-refractivity contribution in [3.05, 3.63) is 59.7 Å². The van der Waals surface area contributed by atoms with Crippen molar-refractivity contribution >= 4 is 47.9 Å². The molecule has 2 amide bonds. The largest absolute Gasteiger partial charge is 0.461 e. The molecule has 0 fully saturated rings. The highest BCUT2D eigenvalue weighted by molar-refractivity contribution is 5.92. The molecule has 0 saturated carbocycles. The Bertz CT molecular complexity index is 1080. The third-order valence-electron chi connectivity index (χ3n) is 7.06. The fourth-order valence-electron chi connectivity index (χ4n) is 4.18. The van der Waals surface area contributed by atoms with Gasteiger partial charge in [-0.3, -0.25) is 10.6 Å². The van der Waals surface area contributed by atoms with E-state index in [-0.39, 0.29) is 25.6 Å². The predicted octanol–water partition coefficient (Wildman–Crippen LogP) is 6.07. The zero-order valence-corrected chi connectivity index (χ0v) is 28.2. The molecule has 2 aromatic carbocycles. The van der Waals surface area contributed by atoms with E-state index in [4.69, 9.17) is 18.9 Å². The molecule has 256 valence electrons. The fraction of sp³-hybridized carbons (Fsp3) is 0.515. The van der Waals surface area contributed by atoms with E-state index >= 15 is 0 Å². The summed E-state index contributed by atoms with van der Waals surface area (Å²) in [6, 6.07) is 12.8. The summed E-state index contributed by atoms with van der Waals surface area (Å²) in [5, 5.41) is 5.25. The van der Waals surface area contributed by atoms with Crippen LogP contribution < -0.4 is 10.6 Å². The van der Waals surface area contributed by atoms with Gasteiger partial charge in [-0.1, -0.05) is 27.7 Å². The maximum atomic E-state index is 12.2. The molecule has 0 aromatic heterocycles. The number of carbonyl (C=O) groups excluding carboxylic acids is 4. The molecule has 0 aliphatic carbocycles. The second-order valence-corrected chi connectivity index (χ2v) is 10.1. The summed E-state index contributed by atoms with van der Waals surface area (Å²) in [4.78, 5) is 52.8. The number of ether oxygens (including phenoxy) is 4. The van der Waals surface area contributed by atoms with Crippen LogP contribution in [0.3, 0.4) is 0 Å². The van der Waals surface area contributed by atoms with Gasteiger partial charge >= 0.3 is 24.1 Å². The maximum Gasteiger partial charge on any atom is 0.411 e. The molecular weight excluding hydrogens is 616 g/mol. The highest BCUT2D eigenvalue weighted by atomic mass is 35.5. The second-order valence-electron chi connectivity index (χ2n) is 10.1. The zero-order chi connectivity index (χ0) is 32.9. The van der Waals surface area contributed by atoms with Gasteiger partial charge in [0.1, 0.15) is 13.2 Å². The molecule has 46 heavy (non-hydrogen) atoms. The smallest absolute Gasteiger partial charge is 0.411 e. The second kappa shape index (κ2) is 23.5. The number of hydrogen-bond donors (Lipinski definition) is 2. The van der Waals surface area contributed by atoms with Gasteiger partial charge in [-0.15, -0.1) is 12.4 Å². The van der Waals surface area contributed by atoms with Crippen LogP contribution in [0.25, 0.3) is 0 Å². The number of rotatable bonds is 20. The number of unbranched alkanes of at least 4 members (excludes halogenated alkanes) is 2. The quantitative estimate of drug-likeness (QED) is 0.0975. The first-order chi connectivity index (χ1) is 21.8. The lowest BCUT2D eigenvalue weighted by Gasteiger charge is -2.17. The molecule has 0 unspecified atom stereocenters. The molecule has 0 bridgehead atoms. The van der Waals surface area contributed by atoms with Crippen molar-refractivity contribution in [3.8, 4) is 0 Å². The van der Waals surface area contributed by atoms with Crippen molar-refractivity contribution in [2.75, 3.05) is 76.3 Å². The molecule has 0 aliphatic heterocycles. The summed E-state index contributed by atoms with van der Waals surface area (Å²) in [5.74, 6) is -0.820. The summed E-state index contributed by atoms with van der Waals surface area (Å²) in [6.45, 7) is 14.2. The van der Waals surface area contributed by atoms with E-state index in [1.807, 2.05) is 0 Å². The average molecular weight is 665 g/mol. The van der Waals surface area contributed by atoms with E-state index in [1.54, 1.807) is 48.5 Å². The van der Waals surface area contributed by atoms with Crippen LogP contribution in [0.2, 0.25) is 0 Å². The van der Waals surface area contributed by atoms with Crippen LogP contribution in [-0.2, 0) is 18.9 Å². The summed E-state index contributed by atoms with van der Waals surface area (Å²) in [5.41, 5.74) is 1.81. The normalized spacial score (nSPS) is 10.6. The Morgan fingerprint density at radius 1 is 0.522 bits per heavy atom. The van der Waals surface area contributed by atoms with Gasteiger partial charge in [-0.2, -0.15) is 0 Å². The minimum atomic E-state index is -0.598. The first kappa shape index (κ1) is 40.2. The Morgan fingerprint density at radius 3 is 1.20 bits per heavy atom. The number of nitrogens with one attached hydrogen (secondary N) is 2. The number of benzene rings is 2. The summed E-state index contributed by atoms with van der Waals surface area (Å²) in [7, 11) is 0. The number of halogens is 1. The van der Waals surface area contributed by atoms with Crippen molar-refractivity contribution < 1.29 is 38.1 Å². The Kier molecular flexibility index (Phi) is 20.5. The minimum Gasteiger partial charge on any atom is -0.461 e. The number of anilines is 2. The first-order valence-corrected chi connectivity index (χ1v) is 15.7. The molecule has 0 aliphatic rings. The Labute approximate surface area is 278 Å². The van der Waals surface area contributed by atoms with Gasteiger partial charge in [0.15, 0.2) is 0 Å². The fourth-order valence-corrected chi connectivity index (χ4v) is 4.18. The van der Waals surface area contributed by atoms with E-state index in [0.29, 0.717) is 68.1 Å². The van der Waals surface area contributed by atoms with Crippen LogP contribution in [0.5, 0.6) is 0 Å². The van der Waals surface area contributed by atoms with Crippen molar-refractivity contribution in [2.24, 2.45) is 0 Å². The van der Waals surface area contributed by atoms with E-state index in [2.05, 4.69) is 48.1 Å². The van der Waals surface area contributed by atoms with Crippen LogP contribution in [0.15, 0.2) is 48.5 Å². The van der Waals surface area contributed by atoms with E-state index in [0.717, 1.165) is 26.2 Å². The Hall–Kier alpha value is -3.87. The van der Waals surface area contributed by atoms with Crippen molar-refractivity contribution in [3.63, 3.8) is 0 Å². The highest BCUT2D eigenvalue weighted by Crippen LogP contribution is 2.13. The third-order valence-corrected chi connectivity index (χ3v) is 7.06. The summed E-state index contributed by atoms with van der Waals surface area (Å²) in [6.07, 6.45) is 0.696. The van der Waals surface area contributed by atoms with Gasteiger partial charge in [-0.05, 0) is 94.0 Å². The van der Waals surface area contributed by atoms with E-state index in [9.17, 15) is 19.2 Å². The molecule has 0 saturated heterocycles. The minimum absolute atomic E-state index is 0. The zero-order valence-electron chi connectivity index (χ0n) is 27.4. The summed E-state index contributed by atoms with van der Waals surface area (Å²) >= 11 is 0. The number of likely N-dealkylation sites (N-methyl/N-ethyl adjacent to an activating group) is 2. The van der Waals surface area contributed by atoms with Gasteiger partial charge in [0, 0.05) is 24.5 Å². The lowest BCUT2D eigenvalue weighted by molar-refractivity contribution is 0.0457. The number of carbonyl (C=O) groups is 4. The Balaban J connectivity index is 0.0000106. The molecule has 12 nitrogen and oxygen atoms in total. The number of nitrogens with zero attached hydrogens (tertiary/aromatic N) is 2. The molecular formula is C33H49ClN4O8. The van der Waals surface area contributed by atoms with Crippen molar-refractivity contribution in [1.82, 2.24) is 9.80 Å². The van der Waals surface area contributed by atoms with Crippen LogP contribution in [0, 0.1) is 0 Å². The number of esters is 2. The van der Waals surface area contributed by atoms with Gasteiger partial charge in [-0.25, -0.2) is 19.2 Å². The molecule has 2 rings (SSSR count). The monoisotopic (exact) mass is 664 g/mol. The lowest BCUT2D eigenvalue weighted by atomic mass is 10.2. The summed E-state index contributed by atoms with van der Waals surface area (Å²) < 4.78 is 21.0. The van der Waals surface area contributed by atoms with Crippen molar-refractivity contribution in [2.45, 2.75) is 47.0 Å². The standard InChI is InChI=1S/C33H48N4O8.ClH/c1-5-36(6-2)20-24-42-30(38)26-12-16-28(17-13-26)34-32(40)44-22-10-9-11-23-45-33(41)35-29-18-14-27(15-19-29)31(39)43-25-21-37(7-3)8-4;/h12-19H,5-11,20-25H2,1-4H3,(H,34,40)(H,35,41);1H. The van der Waals surface area contributed by atoms with Crippen LogP contribution in [-0.4, -0.2) is 99.6 Å². The topological polar surface area (TPSA) is 136 Å². The van der Waals surface area contributed by atoms with Gasteiger partial charge in [0.2, 0.25) is 0 Å². The molecule has 0 spiro atoms. The first-order valence-electron chi connectivity index (χ1n) is 15.7. The third kappa shape index (κ3) is 15.9. The maximum absolute atomic E-state index is 12.2. The van der Waals surface area contributed by atoms with Gasteiger partial charge in [0.25, 0.3) is 0 Å². The average Bonchev–Trinajstić information content (AvgIpc) is 3.05. The SMILES string of the molecule is CCN(CC)CCOC(=O)c1ccc(NC(=O)OCCCCCOC(=O)Nc2ccc(C(=O)OCCN(CC)CC)cc2)cc1.Cl. The van der Waals surface area contributed by atoms with Gasteiger partial charge in [0.05, 0.1) is 24.3 Å². The van der Waals surface area contributed by atoms with Gasteiger partial charge < -0.3 is 28.7 Å². The predicted molar refractivity (Wildman–Crippen MR) is 180 cm³/mol. The number of hydrogen-bond acceptors (Lipinski definition) is 10. The van der Waals surface area contributed by atoms with Crippen LogP contribution in [0.4, 0.5) is 21.0 Å². The molecule has 0 radical (unpaired) electrons. The molecule has 2 aromatic rings. The van der Waals surface area contributed by atoms with E-state index < -0.39 is 24.1 Å². The van der Waals surface area contributed by atoms with E-state index in [1.165, 1.54) is 0 Å². The van der Waals surface area contributed by atoms with Crippen LogP contribution >= 0.6 is 12.4 Å². The highest BCUT2D eigenvalue weighted by Gasteiger charge is 2.11. The molecule has 0 heterocycles. The molecule has 0 atom stereocenters. The Morgan fingerprint density at radius 2 is 0.870 bits per heavy atom. The molecule has 13 heteroatoms. The van der Waals surface area contributed by atoms with Crippen LogP contribution in [0.1, 0.15) is 67.7 Å². The van der Waals surface area contributed by atoms with Crippen molar-refractivity contribution in [1.29, 1.82) is 0 Å². The number of amides is 2.